The first-order chi connectivity index (χ1) is 6.20. The van der Waals surface area contributed by atoms with Gasteiger partial charge in [0, 0.05) is 10.9 Å². The Labute approximate surface area is 73.4 Å². The maximum Gasteiger partial charge on any atom is 0.341 e. The van der Waals surface area contributed by atoms with E-state index in [0.29, 0.717) is 10.9 Å². The standard InChI is InChI=1S/C9H7NO3/c11-8-7(9(12)13)5-3-1-2-4-6(5)10-8/h1-4,10-11H,(H,12,13). The van der Waals surface area contributed by atoms with Gasteiger partial charge in [-0.25, -0.2) is 4.79 Å². The molecule has 0 amide bonds. The van der Waals surface area contributed by atoms with Gasteiger partial charge < -0.3 is 15.2 Å². The van der Waals surface area contributed by atoms with Crippen molar-refractivity contribution in [3.8, 4) is 5.88 Å². The van der Waals surface area contributed by atoms with Gasteiger partial charge >= 0.3 is 5.97 Å². The first-order valence-electron chi connectivity index (χ1n) is 3.73. The lowest BCUT2D eigenvalue weighted by atomic mass is 10.2. The van der Waals surface area contributed by atoms with E-state index in [1.165, 1.54) is 0 Å². The third-order valence-corrected chi connectivity index (χ3v) is 1.90. The fraction of sp³-hybridized carbons (Fsp3) is 0. The number of para-hydroxylation sites is 1. The van der Waals surface area contributed by atoms with Crippen LogP contribution < -0.4 is 0 Å². The molecule has 0 aliphatic rings. The summed E-state index contributed by atoms with van der Waals surface area (Å²) >= 11 is 0. The minimum atomic E-state index is -1.13. The van der Waals surface area contributed by atoms with E-state index < -0.39 is 5.97 Å². The molecular weight excluding hydrogens is 170 g/mol. The molecule has 13 heavy (non-hydrogen) atoms. The average Bonchev–Trinajstić information content (AvgIpc) is 2.39. The number of fused-ring (bicyclic) bond motifs is 1. The number of carbonyl (C=O) groups is 1. The molecule has 3 N–H and O–H groups in total. The molecule has 2 aromatic rings. The second-order valence-electron chi connectivity index (χ2n) is 2.70. The van der Waals surface area contributed by atoms with Crippen molar-refractivity contribution in [3.63, 3.8) is 0 Å². The summed E-state index contributed by atoms with van der Waals surface area (Å²) in [5.41, 5.74) is 0.549. The van der Waals surface area contributed by atoms with E-state index in [2.05, 4.69) is 4.98 Å². The third kappa shape index (κ3) is 1.03. The van der Waals surface area contributed by atoms with Crippen LogP contribution in [0.15, 0.2) is 24.3 Å². The Hall–Kier alpha value is -1.97. The van der Waals surface area contributed by atoms with Crippen LogP contribution in [-0.2, 0) is 0 Å². The van der Waals surface area contributed by atoms with Crippen molar-refractivity contribution >= 4 is 16.9 Å². The molecule has 0 atom stereocenters. The van der Waals surface area contributed by atoms with Crippen LogP contribution in [0.4, 0.5) is 0 Å². The number of aromatic amines is 1. The molecule has 0 aliphatic heterocycles. The number of H-pyrrole nitrogens is 1. The number of nitrogens with one attached hydrogen (secondary N) is 1. The number of aromatic nitrogens is 1. The summed E-state index contributed by atoms with van der Waals surface area (Å²) in [5, 5.41) is 18.6. The van der Waals surface area contributed by atoms with Gasteiger partial charge in [-0.3, -0.25) is 0 Å². The SMILES string of the molecule is O=C(O)c1c(O)[nH]c2ccccc12. The molecule has 0 aliphatic carbocycles. The first-order valence-corrected chi connectivity index (χ1v) is 3.73. The molecular formula is C9H7NO3. The first kappa shape index (κ1) is 7.67. The number of hydrogen-bond donors (Lipinski definition) is 3. The van der Waals surface area contributed by atoms with Crippen LogP contribution in [0.2, 0.25) is 0 Å². The Morgan fingerprint density at radius 3 is 2.69 bits per heavy atom. The highest BCUT2D eigenvalue weighted by atomic mass is 16.4. The highest BCUT2D eigenvalue weighted by molar-refractivity contribution is 6.05. The van der Waals surface area contributed by atoms with Crippen LogP contribution in [-0.4, -0.2) is 21.2 Å². The van der Waals surface area contributed by atoms with Crippen LogP contribution in [0.3, 0.4) is 0 Å². The molecule has 66 valence electrons. The summed E-state index contributed by atoms with van der Waals surface area (Å²) in [4.78, 5) is 13.3. The van der Waals surface area contributed by atoms with Crippen molar-refractivity contribution in [1.82, 2.24) is 4.98 Å². The number of aromatic hydroxyl groups is 1. The Kier molecular flexibility index (Phi) is 1.48. The van der Waals surface area contributed by atoms with E-state index in [9.17, 15) is 9.90 Å². The summed E-state index contributed by atoms with van der Waals surface area (Å²) in [7, 11) is 0. The van der Waals surface area contributed by atoms with Gasteiger partial charge in [-0.15, -0.1) is 0 Å². The van der Waals surface area contributed by atoms with E-state index in [4.69, 9.17) is 5.11 Å². The zero-order valence-corrected chi connectivity index (χ0v) is 6.61. The number of benzene rings is 1. The fourth-order valence-electron chi connectivity index (χ4n) is 1.34. The molecule has 2 rings (SSSR count). The zero-order valence-electron chi connectivity index (χ0n) is 6.61. The molecule has 4 nitrogen and oxygen atoms in total. The maximum atomic E-state index is 10.7. The van der Waals surface area contributed by atoms with E-state index in [-0.39, 0.29) is 11.4 Å². The minimum absolute atomic E-state index is 0.0735. The lowest BCUT2D eigenvalue weighted by molar-refractivity contribution is 0.0696. The van der Waals surface area contributed by atoms with Gasteiger partial charge in [0.2, 0.25) is 5.88 Å². The smallest absolute Gasteiger partial charge is 0.341 e. The lowest BCUT2D eigenvalue weighted by Gasteiger charge is -1.90. The zero-order chi connectivity index (χ0) is 9.42. The molecule has 0 fully saturated rings. The molecule has 1 heterocycles. The van der Waals surface area contributed by atoms with Crippen molar-refractivity contribution in [2.45, 2.75) is 0 Å². The van der Waals surface area contributed by atoms with E-state index in [1.807, 2.05) is 0 Å². The highest BCUT2D eigenvalue weighted by Gasteiger charge is 2.16. The van der Waals surface area contributed by atoms with Gasteiger partial charge in [0.25, 0.3) is 0 Å². The molecule has 1 aromatic heterocycles. The van der Waals surface area contributed by atoms with Crippen LogP contribution >= 0.6 is 0 Å². The monoisotopic (exact) mass is 177 g/mol. The van der Waals surface area contributed by atoms with Gasteiger partial charge in [-0.2, -0.15) is 0 Å². The van der Waals surface area contributed by atoms with Crippen molar-refractivity contribution < 1.29 is 15.0 Å². The highest BCUT2D eigenvalue weighted by Crippen LogP contribution is 2.26. The quantitative estimate of drug-likeness (QED) is 0.619. The molecule has 0 saturated heterocycles. The number of hydrogen-bond acceptors (Lipinski definition) is 2. The van der Waals surface area contributed by atoms with Gasteiger partial charge in [-0.05, 0) is 6.07 Å². The molecule has 0 saturated carbocycles. The molecule has 4 heteroatoms. The van der Waals surface area contributed by atoms with Crippen LogP contribution in [0.5, 0.6) is 5.88 Å². The van der Waals surface area contributed by atoms with Crippen LogP contribution in [0.25, 0.3) is 10.9 Å². The average molecular weight is 177 g/mol. The summed E-state index contributed by atoms with van der Waals surface area (Å²) in [6.45, 7) is 0. The molecule has 0 radical (unpaired) electrons. The number of aromatic carboxylic acids is 1. The van der Waals surface area contributed by atoms with Crippen LogP contribution in [0.1, 0.15) is 10.4 Å². The summed E-state index contributed by atoms with van der Waals surface area (Å²) < 4.78 is 0. The van der Waals surface area contributed by atoms with Crippen molar-refractivity contribution in [3.05, 3.63) is 29.8 Å². The van der Waals surface area contributed by atoms with E-state index >= 15 is 0 Å². The van der Waals surface area contributed by atoms with E-state index in [1.54, 1.807) is 24.3 Å². The molecule has 1 aromatic carbocycles. The molecule has 0 unspecified atom stereocenters. The van der Waals surface area contributed by atoms with Gasteiger partial charge in [-0.1, -0.05) is 18.2 Å². The summed E-state index contributed by atoms with van der Waals surface area (Å²) in [5.74, 6) is -1.43. The predicted molar refractivity (Wildman–Crippen MR) is 46.9 cm³/mol. The van der Waals surface area contributed by atoms with Crippen LogP contribution in [0, 0.1) is 0 Å². The Bertz CT molecular complexity index is 473. The molecule has 0 spiro atoms. The van der Waals surface area contributed by atoms with Gasteiger partial charge in [0.15, 0.2) is 0 Å². The second-order valence-corrected chi connectivity index (χ2v) is 2.70. The fourth-order valence-corrected chi connectivity index (χ4v) is 1.34. The normalized spacial score (nSPS) is 10.5. The molecule has 0 bridgehead atoms. The number of carboxylic acids is 1. The number of rotatable bonds is 1. The Morgan fingerprint density at radius 2 is 2.00 bits per heavy atom. The van der Waals surface area contributed by atoms with E-state index in [0.717, 1.165) is 0 Å². The maximum absolute atomic E-state index is 10.7. The predicted octanol–water partition coefficient (Wildman–Crippen LogP) is 1.57. The Balaban J connectivity index is 2.86. The van der Waals surface area contributed by atoms with Gasteiger partial charge in [0.05, 0.1) is 0 Å². The topological polar surface area (TPSA) is 73.3 Å². The third-order valence-electron chi connectivity index (χ3n) is 1.90. The lowest BCUT2D eigenvalue weighted by Crippen LogP contribution is -1.94. The summed E-state index contributed by atoms with van der Waals surface area (Å²) in [6, 6.07) is 6.85. The summed E-state index contributed by atoms with van der Waals surface area (Å²) in [6.07, 6.45) is 0. The largest absolute Gasteiger partial charge is 0.494 e. The Morgan fingerprint density at radius 1 is 1.31 bits per heavy atom. The minimum Gasteiger partial charge on any atom is -0.494 e. The van der Waals surface area contributed by atoms with Crippen molar-refractivity contribution in [1.29, 1.82) is 0 Å². The number of carboxylic acid groups (broad SMARTS) is 1. The van der Waals surface area contributed by atoms with Gasteiger partial charge in [0.1, 0.15) is 5.56 Å². The van der Waals surface area contributed by atoms with Crippen molar-refractivity contribution in [2.75, 3.05) is 0 Å². The van der Waals surface area contributed by atoms with Crippen molar-refractivity contribution in [2.24, 2.45) is 0 Å². The second kappa shape index (κ2) is 2.52.